The number of aromatic nitrogens is 1. The zero-order valence-corrected chi connectivity index (χ0v) is 16.0. The molecule has 6 heteroatoms. The molecule has 0 aliphatic carbocycles. The fourth-order valence-electron chi connectivity index (χ4n) is 3.38. The summed E-state index contributed by atoms with van der Waals surface area (Å²) in [6.45, 7) is 2.91. The van der Waals surface area contributed by atoms with E-state index in [9.17, 15) is 9.59 Å². The van der Waals surface area contributed by atoms with Crippen molar-refractivity contribution >= 4 is 39.1 Å². The van der Waals surface area contributed by atoms with Gasteiger partial charge in [-0.25, -0.2) is 4.98 Å². The zero-order chi connectivity index (χ0) is 18.8. The Bertz CT molecular complexity index is 965. The lowest BCUT2D eigenvalue weighted by Crippen LogP contribution is -2.32. The largest absolute Gasteiger partial charge is 0.349 e. The van der Waals surface area contributed by atoms with Crippen molar-refractivity contribution in [2.24, 2.45) is 5.92 Å². The number of anilines is 1. The first-order valence-electron chi connectivity index (χ1n) is 9.15. The molecule has 2 amide bonds. The summed E-state index contributed by atoms with van der Waals surface area (Å²) in [7, 11) is 0. The summed E-state index contributed by atoms with van der Waals surface area (Å²) < 4.78 is 1.11. The number of aryl methyl sites for hydroxylation is 1. The van der Waals surface area contributed by atoms with Crippen molar-refractivity contribution in [3.8, 4) is 0 Å². The second-order valence-electron chi connectivity index (χ2n) is 6.72. The smallest absolute Gasteiger partial charge is 0.227 e. The molecule has 1 fully saturated rings. The highest BCUT2D eigenvalue weighted by Crippen LogP contribution is 2.26. The van der Waals surface area contributed by atoms with E-state index in [1.54, 1.807) is 16.2 Å². The first-order chi connectivity index (χ1) is 13.1. The van der Waals surface area contributed by atoms with E-state index in [0.29, 0.717) is 13.1 Å². The lowest BCUT2D eigenvalue weighted by Gasteiger charge is -2.17. The lowest BCUT2D eigenvalue weighted by atomic mass is 10.1. The summed E-state index contributed by atoms with van der Waals surface area (Å²) in [6, 6.07) is 15.9. The van der Waals surface area contributed by atoms with Crippen LogP contribution in [0.2, 0.25) is 0 Å². The van der Waals surface area contributed by atoms with E-state index in [1.807, 2.05) is 48.5 Å². The molecule has 1 saturated heterocycles. The van der Waals surface area contributed by atoms with Crippen LogP contribution in [0.3, 0.4) is 0 Å². The molecule has 1 aliphatic heterocycles. The van der Waals surface area contributed by atoms with Gasteiger partial charge >= 0.3 is 0 Å². The third-order valence-corrected chi connectivity index (χ3v) is 5.91. The van der Waals surface area contributed by atoms with Crippen LogP contribution in [0.5, 0.6) is 0 Å². The van der Waals surface area contributed by atoms with Crippen LogP contribution in [0.25, 0.3) is 10.2 Å². The summed E-state index contributed by atoms with van der Waals surface area (Å²) >= 11 is 1.58. The molecule has 1 aliphatic rings. The van der Waals surface area contributed by atoms with Crippen molar-refractivity contribution in [3.63, 3.8) is 0 Å². The Morgan fingerprint density at radius 2 is 2.11 bits per heavy atom. The number of nitrogens with zero attached hydrogens (tertiary/aromatic N) is 2. The molecule has 0 radical (unpaired) electrons. The molecular formula is C21H21N3O2S. The second kappa shape index (κ2) is 7.48. The summed E-state index contributed by atoms with van der Waals surface area (Å²) in [6.07, 6.45) is 1.17. The number of carbonyl (C=O) groups excluding carboxylic acids is 2. The van der Waals surface area contributed by atoms with Crippen molar-refractivity contribution in [1.82, 2.24) is 10.3 Å². The standard InChI is InChI=1S/C21H21N3O2S/c1-2-14-6-5-7-16(10-14)24-13-15(11-20(24)25)21(26)22-12-19-23-17-8-3-4-9-18(17)27-19/h3-10,15H,2,11-13H2,1H3,(H,22,26)/t15-/m0/s1. The molecule has 0 bridgehead atoms. The molecule has 5 nitrogen and oxygen atoms in total. The van der Waals surface area contributed by atoms with Gasteiger partial charge in [0.15, 0.2) is 0 Å². The van der Waals surface area contributed by atoms with Crippen molar-refractivity contribution in [2.75, 3.05) is 11.4 Å². The van der Waals surface area contributed by atoms with Gasteiger partial charge in [-0.15, -0.1) is 11.3 Å². The van der Waals surface area contributed by atoms with E-state index in [2.05, 4.69) is 17.2 Å². The highest BCUT2D eigenvalue weighted by molar-refractivity contribution is 7.18. The highest BCUT2D eigenvalue weighted by atomic mass is 32.1. The molecule has 2 heterocycles. The Kier molecular flexibility index (Phi) is 4.90. The number of carbonyl (C=O) groups is 2. The quantitative estimate of drug-likeness (QED) is 0.738. The van der Waals surface area contributed by atoms with E-state index in [-0.39, 0.29) is 24.2 Å². The van der Waals surface area contributed by atoms with Crippen LogP contribution in [0.4, 0.5) is 5.69 Å². The van der Waals surface area contributed by atoms with Gasteiger partial charge in [0.05, 0.1) is 22.7 Å². The Labute approximate surface area is 162 Å². The summed E-state index contributed by atoms with van der Waals surface area (Å²) in [5, 5.41) is 3.82. The van der Waals surface area contributed by atoms with Crippen LogP contribution < -0.4 is 10.2 Å². The minimum atomic E-state index is -0.322. The molecule has 138 valence electrons. The SMILES string of the molecule is CCc1cccc(N2C[C@@H](C(=O)NCc3nc4ccccc4s3)CC2=O)c1. The van der Waals surface area contributed by atoms with Crippen LogP contribution in [-0.4, -0.2) is 23.3 Å². The third kappa shape index (κ3) is 3.71. The van der Waals surface area contributed by atoms with Gasteiger partial charge in [-0.05, 0) is 36.2 Å². The Balaban J connectivity index is 1.40. The first-order valence-corrected chi connectivity index (χ1v) is 9.97. The molecule has 1 N–H and O–H groups in total. The first kappa shape index (κ1) is 17.7. The number of amides is 2. The molecule has 1 aromatic heterocycles. The van der Waals surface area contributed by atoms with Gasteiger partial charge in [0.2, 0.25) is 11.8 Å². The monoisotopic (exact) mass is 379 g/mol. The summed E-state index contributed by atoms with van der Waals surface area (Å²) in [5.41, 5.74) is 3.01. The minimum absolute atomic E-state index is 0.00314. The predicted molar refractivity (Wildman–Crippen MR) is 108 cm³/mol. The van der Waals surface area contributed by atoms with Gasteiger partial charge in [0.1, 0.15) is 5.01 Å². The fourth-order valence-corrected chi connectivity index (χ4v) is 4.29. The van der Waals surface area contributed by atoms with Crippen molar-refractivity contribution in [3.05, 3.63) is 59.1 Å². The zero-order valence-electron chi connectivity index (χ0n) is 15.1. The third-order valence-electron chi connectivity index (χ3n) is 4.88. The topological polar surface area (TPSA) is 62.3 Å². The van der Waals surface area contributed by atoms with Crippen molar-refractivity contribution in [1.29, 1.82) is 0 Å². The van der Waals surface area contributed by atoms with Gasteiger partial charge < -0.3 is 10.2 Å². The maximum Gasteiger partial charge on any atom is 0.227 e. The molecule has 1 atom stereocenters. The van der Waals surface area contributed by atoms with E-state index in [4.69, 9.17) is 0 Å². The van der Waals surface area contributed by atoms with Crippen LogP contribution in [0.1, 0.15) is 23.9 Å². The Hall–Kier alpha value is -2.73. The van der Waals surface area contributed by atoms with Gasteiger partial charge in [0.25, 0.3) is 0 Å². The summed E-state index contributed by atoms with van der Waals surface area (Å²) in [5.74, 6) is -0.405. The molecule has 4 rings (SSSR count). The number of para-hydroxylation sites is 1. The number of nitrogens with one attached hydrogen (secondary N) is 1. The number of hydrogen-bond donors (Lipinski definition) is 1. The average Bonchev–Trinajstić information content (AvgIpc) is 3.29. The lowest BCUT2D eigenvalue weighted by molar-refractivity contribution is -0.126. The van der Waals surface area contributed by atoms with Gasteiger partial charge in [-0.3, -0.25) is 9.59 Å². The molecule has 2 aromatic carbocycles. The van der Waals surface area contributed by atoms with Crippen molar-refractivity contribution in [2.45, 2.75) is 26.3 Å². The highest BCUT2D eigenvalue weighted by Gasteiger charge is 2.35. The van der Waals surface area contributed by atoms with Crippen molar-refractivity contribution < 1.29 is 9.59 Å². The van der Waals surface area contributed by atoms with E-state index in [1.165, 1.54) is 5.56 Å². The Morgan fingerprint density at radius 1 is 1.26 bits per heavy atom. The maximum absolute atomic E-state index is 12.6. The number of thiazole rings is 1. The number of rotatable bonds is 5. The summed E-state index contributed by atoms with van der Waals surface area (Å²) in [4.78, 5) is 31.2. The van der Waals surface area contributed by atoms with Gasteiger partial charge in [0, 0.05) is 18.7 Å². The molecule has 0 unspecified atom stereocenters. The molecular weight excluding hydrogens is 358 g/mol. The molecule has 3 aromatic rings. The average molecular weight is 379 g/mol. The van der Waals surface area contributed by atoms with Crippen LogP contribution in [-0.2, 0) is 22.6 Å². The number of benzene rings is 2. The Morgan fingerprint density at radius 3 is 2.93 bits per heavy atom. The normalized spacial score (nSPS) is 16.9. The van der Waals surface area contributed by atoms with Gasteiger partial charge in [-0.1, -0.05) is 31.2 Å². The molecule has 27 heavy (non-hydrogen) atoms. The number of hydrogen-bond acceptors (Lipinski definition) is 4. The molecule has 0 saturated carbocycles. The van der Waals surface area contributed by atoms with Crippen LogP contribution in [0.15, 0.2) is 48.5 Å². The van der Waals surface area contributed by atoms with E-state index >= 15 is 0 Å². The van der Waals surface area contributed by atoms with Gasteiger partial charge in [-0.2, -0.15) is 0 Å². The van der Waals surface area contributed by atoms with E-state index < -0.39 is 0 Å². The van der Waals surface area contributed by atoms with E-state index in [0.717, 1.165) is 27.3 Å². The fraction of sp³-hybridized carbons (Fsp3) is 0.286. The van der Waals surface area contributed by atoms with Crippen LogP contribution in [0, 0.1) is 5.92 Å². The predicted octanol–water partition coefficient (Wildman–Crippen LogP) is 3.53. The second-order valence-corrected chi connectivity index (χ2v) is 7.84. The minimum Gasteiger partial charge on any atom is -0.349 e. The number of fused-ring (bicyclic) bond motifs is 1. The maximum atomic E-state index is 12.6. The van der Waals surface area contributed by atoms with Crippen LogP contribution >= 0.6 is 11.3 Å². The molecule has 0 spiro atoms.